The molecular formula is C10H17N3O4. The lowest BCUT2D eigenvalue weighted by atomic mass is 10.0. The van der Waals surface area contributed by atoms with Gasteiger partial charge in [0, 0.05) is 12.6 Å². The quantitative estimate of drug-likeness (QED) is 0.593. The fourth-order valence-corrected chi connectivity index (χ4v) is 1.40. The average molecular weight is 243 g/mol. The molecule has 1 heterocycles. The van der Waals surface area contributed by atoms with Crippen LogP contribution < -0.4 is 5.73 Å². The monoisotopic (exact) mass is 243 g/mol. The lowest BCUT2D eigenvalue weighted by Gasteiger charge is -2.16. The number of aromatic nitrogens is 2. The van der Waals surface area contributed by atoms with Crippen molar-refractivity contribution < 1.29 is 19.7 Å². The largest absolute Gasteiger partial charge is 0.466 e. The molecule has 0 aliphatic rings. The van der Waals surface area contributed by atoms with E-state index in [2.05, 4.69) is 9.84 Å². The summed E-state index contributed by atoms with van der Waals surface area (Å²) in [6.07, 6.45) is -1.45. The van der Waals surface area contributed by atoms with Crippen molar-refractivity contribution in [1.82, 2.24) is 9.78 Å². The van der Waals surface area contributed by atoms with Crippen LogP contribution in [0.1, 0.15) is 25.0 Å². The van der Waals surface area contributed by atoms with Gasteiger partial charge in [0.1, 0.15) is 11.9 Å². The Morgan fingerprint density at radius 1 is 1.65 bits per heavy atom. The molecule has 4 N–H and O–H groups in total. The Morgan fingerprint density at radius 2 is 2.29 bits per heavy atom. The van der Waals surface area contributed by atoms with E-state index in [1.54, 1.807) is 14.0 Å². The Kier molecular flexibility index (Phi) is 4.47. The van der Waals surface area contributed by atoms with Gasteiger partial charge >= 0.3 is 5.97 Å². The first-order valence-corrected chi connectivity index (χ1v) is 5.26. The molecular weight excluding hydrogens is 226 g/mol. The molecule has 0 fully saturated rings. The zero-order valence-corrected chi connectivity index (χ0v) is 9.83. The van der Waals surface area contributed by atoms with E-state index >= 15 is 0 Å². The Hall–Kier alpha value is -1.60. The smallest absolute Gasteiger partial charge is 0.308 e. The number of nitrogens with two attached hydrogens (primary N) is 1. The van der Waals surface area contributed by atoms with Crippen molar-refractivity contribution in [3.63, 3.8) is 0 Å². The molecule has 7 heteroatoms. The van der Waals surface area contributed by atoms with E-state index in [0.29, 0.717) is 5.56 Å². The van der Waals surface area contributed by atoms with Gasteiger partial charge in [-0.3, -0.25) is 9.48 Å². The molecule has 0 saturated carbocycles. The summed E-state index contributed by atoms with van der Waals surface area (Å²) in [4.78, 5) is 11.1. The van der Waals surface area contributed by atoms with Crippen molar-refractivity contribution in [2.24, 2.45) is 7.05 Å². The maximum absolute atomic E-state index is 11.1. The summed E-state index contributed by atoms with van der Waals surface area (Å²) >= 11 is 0. The van der Waals surface area contributed by atoms with Crippen molar-refractivity contribution in [3.8, 4) is 0 Å². The maximum Gasteiger partial charge on any atom is 0.308 e. The van der Waals surface area contributed by atoms with Gasteiger partial charge in [-0.15, -0.1) is 0 Å². The standard InChI is InChI=1S/C10H17N3O4/c1-3-17-8(15)4-7(14)9(16)6-5-12-13(2)10(6)11/h5,7,9,14,16H,3-4,11H2,1-2H3. The van der Waals surface area contributed by atoms with Crippen molar-refractivity contribution >= 4 is 11.8 Å². The first-order chi connectivity index (χ1) is 7.97. The number of esters is 1. The van der Waals surface area contributed by atoms with E-state index in [4.69, 9.17) is 5.73 Å². The Bertz CT molecular complexity index is 391. The molecule has 0 aliphatic heterocycles. The van der Waals surface area contributed by atoms with Crippen LogP contribution in [0.2, 0.25) is 0 Å². The number of hydrogen-bond acceptors (Lipinski definition) is 6. The van der Waals surface area contributed by atoms with Gasteiger partial charge in [0.25, 0.3) is 0 Å². The zero-order chi connectivity index (χ0) is 13.0. The topological polar surface area (TPSA) is 111 Å². The summed E-state index contributed by atoms with van der Waals surface area (Å²) in [5.74, 6) is -0.318. The normalized spacial score (nSPS) is 14.4. The number of ether oxygens (including phenoxy) is 1. The minimum Gasteiger partial charge on any atom is -0.466 e. The van der Waals surface area contributed by atoms with Gasteiger partial charge in [0.15, 0.2) is 0 Å². The van der Waals surface area contributed by atoms with Crippen molar-refractivity contribution in [3.05, 3.63) is 11.8 Å². The Morgan fingerprint density at radius 3 is 2.76 bits per heavy atom. The predicted octanol–water partition coefficient (Wildman–Crippen LogP) is -0.650. The van der Waals surface area contributed by atoms with Crippen molar-refractivity contribution in [1.29, 1.82) is 0 Å². The summed E-state index contributed by atoms with van der Waals surface area (Å²) < 4.78 is 6.04. The lowest BCUT2D eigenvalue weighted by molar-refractivity contribution is -0.147. The zero-order valence-electron chi connectivity index (χ0n) is 9.83. The van der Waals surface area contributed by atoms with Crippen LogP contribution in [0.15, 0.2) is 6.20 Å². The van der Waals surface area contributed by atoms with E-state index in [1.807, 2.05) is 0 Å². The number of aliphatic hydroxyl groups is 2. The van der Waals surface area contributed by atoms with Crippen LogP contribution in [0.25, 0.3) is 0 Å². The Labute approximate surface area is 98.8 Å². The SMILES string of the molecule is CCOC(=O)CC(O)C(O)c1cnn(C)c1N. The number of anilines is 1. The van der Waals surface area contributed by atoms with Crippen LogP contribution in [-0.2, 0) is 16.6 Å². The highest BCUT2D eigenvalue weighted by atomic mass is 16.5. The molecule has 7 nitrogen and oxygen atoms in total. The molecule has 0 aliphatic carbocycles. The summed E-state index contributed by atoms with van der Waals surface area (Å²) in [5.41, 5.74) is 5.94. The van der Waals surface area contributed by atoms with E-state index in [0.717, 1.165) is 0 Å². The van der Waals surface area contributed by atoms with Crippen LogP contribution >= 0.6 is 0 Å². The Balaban J connectivity index is 2.66. The van der Waals surface area contributed by atoms with Crippen LogP contribution in [0.4, 0.5) is 5.82 Å². The fraction of sp³-hybridized carbons (Fsp3) is 0.600. The molecule has 2 atom stereocenters. The minimum absolute atomic E-state index is 0.233. The maximum atomic E-state index is 11.1. The van der Waals surface area contributed by atoms with E-state index < -0.39 is 18.2 Å². The second kappa shape index (κ2) is 5.65. The third kappa shape index (κ3) is 3.18. The third-order valence-corrected chi connectivity index (χ3v) is 2.38. The summed E-state index contributed by atoms with van der Waals surface area (Å²) in [6, 6.07) is 0. The molecule has 1 aromatic heterocycles. The van der Waals surface area contributed by atoms with Gasteiger partial charge in [-0.05, 0) is 6.92 Å². The molecule has 0 bridgehead atoms. The highest BCUT2D eigenvalue weighted by Gasteiger charge is 2.25. The van der Waals surface area contributed by atoms with E-state index in [9.17, 15) is 15.0 Å². The average Bonchev–Trinajstić information content (AvgIpc) is 2.59. The minimum atomic E-state index is -1.26. The second-order valence-electron chi connectivity index (χ2n) is 3.63. The molecule has 0 aromatic carbocycles. The van der Waals surface area contributed by atoms with Crippen LogP contribution in [0, 0.1) is 0 Å². The highest BCUT2D eigenvalue weighted by molar-refractivity contribution is 5.70. The first-order valence-electron chi connectivity index (χ1n) is 5.26. The molecule has 0 amide bonds. The molecule has 0 spiro atoms. The number of hydrogen-bond donors (Lipinski definition) is 3. The number of carbonyl (C=O) groups is 1. The van der Waals surface area contributed by atoms with Crippen LogP contribution in [-0.4, -0.2) is 38.7 Å². The molecule has 2 unspecified atom stereocenters. The van der Waals surface area contributed by atoms with Gasteiger partial charge in [0.2, 0.25) is 0 Å². The molecule has 1 rings (SSSR count). The highest BCUT2D eigenvalue weighted by Crippen LogP contribution is 2.23. The van der Waals surface area contributed by atoms with E-state index in [-0.39, 0.29) is 18.8 Å². The summed E-state index contributed by atoms with van der Waals surface area (Å²) in [7, 11) is 1.61. The van der Waals surface area contributed by atoms with Gasteiger partial charge in [-0.2, -0.15) is 5.10 Å². The lowest BCUT2D eigenvalue weighted by Crippen LogP contribution is -2.23. The second-order valence-corrected chi connectivity index (χ2v) is 3.63. The van der Waals surface area contributed by atoms with Gasteiger partial charge in [0.05, 0.1) is 25.3 Å². The summed E-state index contributed by atoms with van der Waals surface area (Å²) in [5, 5.41) is 23.3. The van der Waals surface area contributed by atoms with E-state index in [1.165, 1.54) is 10.9 Å². The number of nitrogen functional groups attached to an aromatic ring is 1. The number of aliphatic hydroxyl groups excluding tert-OH is 2. The van der Waals surface area contributed by atoms with Gasteiger partial charge in [-0.1, -0.05) is 0 Å². The third-order valence-electron chi connectivity index (χ3n) is 2.38. The van der Waals surface area contributed by atoms with Crippen molar-refractivity contribution in [2.45, 2.75) is 25.6 Å². The fourth-order valence-electron chi connectivity index (χ4n) is 1.40. The van der Waals surface area contributed by atoms with Crippen LogP contribution in [0.3, 0.4) is 0 Å². The number of aryl methyl sites for hydroxylation is 1. The number of carbonyl (C=O) groups excluding carboxylic acids is 1. The van der Waals surface area contributed by atoms with Crippen molar-refractivity contribution in [2.75, 3.05) is 12.3 Å². The summed E-state index contributed by atoms with van der Waals surface area (Å²) in [6.45, 7) is 1.90. The number of nitrogens with zero attached hydrogens (tertiary/aromatic N) is 2. The van der Waals surface area contributed by atoms with Gasteiger partial charge < -0.3 is 20.7 Å². The molecule has 17 heavy (non-hydrogen) atoms. The van der Waals surface area contributed by atoms with Gasteiger partial charge in [-0.25, -0.2) is 0 Å². The molecule has 0 radical (unpaired) electrons. The molecule has 0 saturated heterocycles. The molecule has 96 valence electrons. The number of rotatable bonds is 5. The first kappa shape index (κ1) is 13.5. The molecule has 1 aromatic rings. The van der Waals surface area contributed by atoms with Crippen LogP contribution in [0.5, 0.6) is 0 Å². The predicted molar refractivity (Wildman–Crippen MR) is 59.8 cm³/mol.